The summed E-state index contributed by atoms with van der Waals surface area (Å²) >= 11 is 0. The van der Waals surface area contributed by atoms with Crippen LogP contribution in [0.4, 0.5) is 0 Å². The fraction of sp³-hybridized carbons (Fsp3) is 0.500. The predicted molar refractivity (Wildman–Crippen MR) is 74.3 cm³/mol. The molecule has 0 spiro atoms. The maximum atomic E-state index is 12.6. The highest BCUT2D eigenvalue weighted by Gasteiger charge is 2.28. The van der Waals surface area contributed by atoms with Crippen LogP contribution >= 0.6 is 0 Å². The zero-order valence-electron chi connectivity index (χ0n) is 11.5. The first-order valence-corrected chi connectivity index (χ1v) is 7.20. The molecule has 0 bridgehead atoms. The van der Waals surface area contributed by atoms with Gasteiger partial charge in [-0.25, -0.2) is 0 Å². The molecule has 1 aliphatic heterocycles. The van der Waals surface area contributed by atoms with Crippen LogP contribution in [0, 0.1) is 11.3 Å². The highest BCUT2D eigenvalue weighted by molar-refractivity contribution is 5.95. The zero-order valence-corrected chi connectivity index (χ0v) is 11.5. The van der Waals surface area contributed by atoms with Crippen LogP contribution in [-0.2, 0) is 17.6 Å². The summed E-state index contributed by atoms with van der Waals surface area (Å²) in [6.07, 6.45) is 4.60. The third-order valence-corrected chi connectivity index (χ3v) is 4.13. The zero-order chi connectivity index (χ0) is 13.9. The quantitative estimate of drug-likeness (QED) is 0.783. The Morgan fingerprint density at radius 1 is 1.30 bits per heavy atom. The number of carbonyl (C=O) groups excluding carboxylic acids is 1. The summed E-state index contributed by atoms with van der Waals surface area (Å²) in [7, 11) is 0. The fourth-order valence-electron chi connectivity index (χ4n) is 2.99. The smallest absolute Gasteiger partial charge is 0.255 e. The average molecular weight is 270 g/mol. The molecule has 1 unspecified atom stereocenters. The molecule has 1 heterocycles. The molecule has 3 rings (SSSR count). The van der Waals surface area contributed by atoms with Crippen molar-refractivity contribution in [3.63, 3.8) is 0 Å². The molecule has 0 N–H and O–H groups in total. The van der Waals surface area contributed by atoms with E-state index >= 15 is 0 Å². The van der Waals surface area contributed by atoms with E-state index in [1.165, 1.54) is 24.0 Å². The summed E-state index contributed by atoms with van der Waals surface area (Å²) in [5, 5.41) is 9.13. The topological polar surface area (TPSA) is 53.3 Å². The number of aryl methyl sites for hydroxylation is 2. The molecular weight excluding hydrogens is 252 g/mol. The molecule has 4 nitrogen and oxygen atoms in total. The summed E-state index contributed by atoms with van der Waals surface area (Å²) in [6.45, 7) is 1.32. The van der Waals surface area contributed by atoms with Crippen LogP contribution < -0.4 is 0 Å². The number of hydrogen-bond donors (Lipinski definition) is 0. The standard InChI is InChI=1S/C16H18N2O2/c17-10-15-11-20-8-7-18(15)16(19)14-6-5-12-3-1-2-4-13(12)9-14/h5-6,9,15H,1-4,7-8,11H2. The van der Waals surface area contributed by atoms with Crippen LogP contribution in [0.1, 0.15) is 34.3 Å². The van der Waals surface area contributed by atoms with E-state index in [2.05, 4.69) is 12.1 Å². The number of rotatable bonds is 1. The largest absolute Gasteiger partial charge is 0.376 e. The van der Waals surface area contributed by atoms with Crippen LogP contribution in [0.2, 0.25) is 0 Å². The molecule has 1 aliphatic carbocycles. The Morgan fingerprint density at radius 3 is 2.90 bits per heavy atom. The van der Waals surface area contributed by atoms with Gasteiger partial charge >= 0.3 is 0 Å². The second-order valence-electron chi connectivity index (χ2n) is 5.41. The molecule has 1 fully saturated rings. The van der Waals surface area contributed by atoms with E-state index in [-0.39, 0.29) is 5.91 Å². The van der Waals surface area contributed by atoms with Crippen molar-refractivity contribution in [3.8, 4) is 6.07 Å². The van der Waals surface area contributed by atoms with Crippen LogP contribution in [0.15, 0.2) is 18.2 Å². The third-order valence-electron chi connectivity index (χ3n) is 4.13. The molecule has 20 heavy (non-hydrogen) atoms. The number of benzene rings is 1. The van der Waals surface area contributed by atoms with E-state index in [1.807, 2.05) is 12.1 Å². The Balaban J connectivity index is 1.85. The summed E-state index contributed by atoms with van der Waals surface area (Å²) in [6, 6.07) is 7.67. The van der Waals surface area contributed by atoms with Crippen LogP contribution in [-0.4, -0.2) is 36.6 Å². The molecule has 1 amide bonds. The molecule has 2 aliphatic rings. The Kier molecular flexibility index (Phi) is 3.70. The maximum absolute atomic E-state index is 12.6. The number of fused-ring (bicyclic) bond motifs is 1. The van der Waals surface area contributed by atoms with Gasteiger partial charge in [-0.2, -0.15) is 5.26 Å². The second kappa shape index (κ2) is 5.64. The van der Waals surface area contributed by atoms with Gasteiger partial charge in [0.1, 0.15) is 6.04 Å². The third kappa shape index (κ3) is 2.41. The van der Waals surface area contributed by atoms with E-state index in [0.717, 1.165) is 12.8 Å². The van der Waals surface area contributed by atoms with Gasteiger partial charge in [0.15, 0.2) is 0 Å². The normalized spacial score (nSPS) is 21.9. The van der Waals surface area contributed by atoms with Gasteiger partial charge in [-0.1, -0.05) is 6.07 Å². The first-order valence-electron chi connectivity index (χ1n) is 7.20. The number of amides is 1. The van der Waals surface area contributed by atoms with Crippen molar-refractivity contribution in [2.24, 2.45) is 0 Å². The molecule has 104 valence electrons. The van der Waals surface area contributed by atoms with Crippen LogP contribution in [0.5, 0.6) is 0 Å². The molecule has 1 atom stereocenters. The van der Waals surface area contributed by atoms with Gasteiger partial charge in [-0.05, 0) is 48.9 Å². The van der Waals surface area contributed by atoms with Crippen molar-refractivity contribution in [1.29, 1.82) is 5.26 Å². The van der Waals surface area contributed by atoms with E-state index in [0.29, 0.717) is 25.3 Å². The van der Waals surface area contributed by atoms with Gasteiger partial charge in [-0.3, -0.25) is 4.79 Å². The van der Waals surface area contributed by atoms with Crippen LogP contribution in [0.3, 0.4) is 0 Å². The first-order chi connectivity index (χ1) is 9.79. The van der Waals surface area contributed by atoms with Crippen molar-refractivity contribution in [2.75, 3.05) is 19.8 Å². The number of morpholine rings is 1. The molecule has 0 radical (unpaired) electrons. The van der Waals surface area contributed by atoms with Gasteiger partial charge in [0.25, 0.3) is 5.91 Å². The van der Waals surface area contributed by atoms with Gasteiger partial charge in [0.05, 0.1) is 19.3 Å². The minimum atomic E-state index is -0.465. The summed E-state index contributed by atoms with van der Waals surface area (Å²) in [5.74, 6) is -0.0479. The lowest BCUT2D eigenvalue weighted by molar-refractivity contribution is 0.0132. The number of carbonyl (C=O) groups is 1. The Labute approximate surface area is 118 Å². The maximum Gasteiger partial charge on any atom is 0.255 e. The van der Waals surface area contributed by atoms with Gasteiger partial charge in [-0.15, -0.1) is 0 Å². The second-order valence-corrected chi connectivity index (χ2v) is 5.41. The van der Waals surface area contributed by atoms with Crippen molar-refractivity contribution in [3.05, 3.63) is 34.9 Å². The lowest BCUT2D eigenvalue weighted by Crippen LogP contribution is -2.48. The highest BCUT2D eigenvalue weighted by atomic mass is 16.5. The number of nitrogens with zero attached hydrogens (tertiary/aromatic N) is 2. The number of ether oxygens (including phenoxy) is 1. The van der Waals surface area contributed by atoms with Crippen molar-refractivity contribution >= 4 is 5.91 Å². The van der Waals surface area contributed by atoms with Gasteiger partial charge < -0.3 is 9.64 Å². The van der Waals surface area contributed by atoms with E-state index in [9.17, 15) is 4.79 Å². The Bertz CT molecular complexity index is 562. The minimum absolute atomic E-state index is 0.0479. The molecule has 1 aromatic carbocycles. The monoisotopic (exact) mass is 270 g/mol. The summed E-state index contributed by atoms with van der Waals surface area (Å²) in [5.41, 5.74) is 3.36. The van der Waals surface area contributed by atoms with E-state index < -0.39 is 6.04 Å². The molecule has 0 aromatic heterocycles. The number of nitriles is 1. The average Bonchev–Trinajstić information content (AvgIpc) is 2.53. The lowest BCUT2D eigenvalue weighted by atomic mass is 9.90. The molecule has 1 aromatic rings. The summed E-state index contributed by atoms with van der Waals surface area (Å²) in [4.78, 5) is 14.2. The van der Waals surface area contributed by atoms with Gasteiger partial charge in [0, 0.05) is 12.1 Å². The SMILES string of the molecule is N#CC1COCCN1C(=O)c1ccc2c(c1)CCCC2. The minimum Gasteiger partial charge on any atom is -0.376 e. The Morgan fingerprint density at radius 2 is 2.10 bits per heavy atom. The van der Waals surface area contributed by atoms with Crippen molar-refractivity contribution in [1.82, 2.24) is 4.90 Å². The Hall–Kier alpha value is -1.86. The molecule has 1 saturated heterocycles. The molecular formula is C16H18N2O2. The lowest BCUT2D eigenvalue weighted by Gasteiger charge is -2.31. The van der Waals surface area contributed by atoms with E-state index in [1.54, 1.807) is 4.90 Å². The molecule has 0 saturated carbocycles. The van der Waals surface area contributed by atoms with E-state index in [4.69, 9.17) is 10.00 Å². The predicted octanol–water partition coefficient (Wildman–Crippen LogP) is 1.93. The highest BCUT2D eigenvalue weighted by Crippen LogP contribution is 2.23. The van der Waals surface area contributed by atoms with Crippen molar-refractivity contribution in [2.45, 2.75) is 31.7 Å². The summed E-state index contributed by atoms with van der Waals surface area (Å²) < 4.78 is 5.26. The van der Waals surface area contributed by atoms with Gasteiger partial charge in [0.2, 0.25) is 0 Å². The first kappa shape index (κ1) is 13.1. The number of hydrogen-bond acceptors (Lipinski definition) is 3. The van der Waals surface area contributed by atoms with Crippen LogP contribution in [0.25, 0.3) is 0 Å². The van der Waals surface area contributed by atoms with Crippen molar-refractivity contribution < 1.29 is 9.53 Å². The fourth-order valence-corrected chi connectivity index (χ4v) is 2.99. The molecule has 4 heteroatoms.